The molecule has 2 aliphatic rings. The molecule has 8 nitrogen and oxygen atoms in total. The smallest absolute Gasteiger partial charge is 0.269 e. The molecule has 166 valence electrons. The number of nitrogens with one attached hydrogen (secondary N) is 1. The number of carbonyl (C=O) groups excluding carboxylic acids is 1. The van der Waals surface area contributed by atoms with E-state index in [-0.39, 0.29) is 4.90 Å². The van der Waals surface area contributed by atoms with Crippen molar-refractivity contribution >= 4 is 21.6 Å². The van der Waals surface area contributed by atoms with Crippen LogP contribution in [-0.2, 0) is 14.8 Å². The lowest BCUT2D eigenvalue weighted by molar-refractivity contribution is -0.128. The van der Waals surface area contributed by atoms with E-state index < -0.39 is 28.1 Å². The second-order valence-corrected chi connectivity index (χ2v) is 9.60. The summed E-state index contributed by atoms with van der Waals surface area (Å²) in [7, 11) is -3.63. The standard InChI is InChI=1S/C22H27N3O5S/c1-3-24-11-13-25(14-12-24)31(27,28)18-8-6-7-17(15-18)23-22(26)21-16(2)29-19-9-4-5-10-20(19)30-21/h4-10,15-16,21H,3,11-14H2,1-2H3,(H,23,26). The van der Waals surface area contributed by atoms with Gasteiger partial charge in [0.25, 0.3) is 5.91 Å². The van der Waals surface area contributed by atoms with Crippen LogP contribution in [0.2, 0.25) is 0 Å². The molecule has 2 aliphatic heterocycles. The fraction of sp³-hybridized carbons (Fsp3) is 0.409. The average molecular weight is 446 g/mol. The molecule has 1 N–H and O–H groups in total. The van der Waals surface area contributed by atoms with E-state index in [0.717, 1.165) is 6.54 Å². The van der Waals surface area contributed by atoms with Crippen LogP contribution in [-0.4, -0.2) is 68.5 Å². The number of ether oxygens (including phenoxy) is 2. The molecular weight excluding hydrogens is 418 g/mol. The molecule has 0 saturated carbocycles. The lowest BCUT2D eigenvalue weighted by Gasteiger charge is -2.33. The van der Waals surface area contributed by atoms with Gasteiger partial charge in [0.2, 0.25) is 16.1 Å². The Morgan fingerprint density at radius 1 is 1.03 bits per heavy atom. The molecular formula is C22H27N3O5S. The Morgan fingerprint density at radius 2 is 1.71 bits per heavy atom. The summed E-state index contributed by atoms with van der Waals surface area (Å²) < 4.78 is 39.2. The van der Waals surface area contributed by atoms with Crippen molar-refractivity contribution in [1.82, 2.24) is 9.21 Å². The molecule has 4 rings (SSSR count). The molecule has 2 aromatic rings. The molecule has 9 heteroatoms. The first-order chi connectivity index (χ1) is 14.9. The van der Waals surface area contributed by atoms with Crippen LogP contribution >= 0.6 is 0 Å². The number of para-hydroxylation sites is 2. The van der Waals surface area contributed by atoms with E-state index in [9.17, 15) is 13.2 Å². The Kier molecular flexibility index (Phi) is 6.17. The van der Waals surface area contributed by atoms with Crippen molar-refractivity contribution in [2.45, 2.75) is 31.0 Å². The molecule has 2 aromatic carbocycles. The van der Waals surface area contributed by atoms with Gasteiger partial charge in [-0.15, -0.1) is 0 Å². The number of amides is 1. The van der Waals surface area contributed by atoms with E-state index in [1.165, 1.54) is 10.4 Å². The Morgan fingerprint density at radius 3 is 2.39 bits per heavy atom. The van der Waals surface area contributed by atoms with Crippen molar-refractivity contribution in [1.29, 1.82) is 0 Å². The van der Waals surface area contributed by atoms with Crippen LogP contribution in [0, 0.1) is 0 Å². The largest absolute Gasteiger partial charge is 0.482 e. The number of sulfonamides is 1. The van der Waals surface area contributed by atoms with E-state index in [1.807, 2.05) is 12.1 Å². The predicted molar refractivity (Wildman–Crippen MR) is 117 cm³/mol. The van der Waals surface area contributed by atoms with E-state index >= 15 is 0 Å². The minimum absolute atomic E-state index is 0.162. The van der Waals surface area contributed by atoms with Crippen LogP contribution in [0.1, 0.15) is 13.8 Å². The van der Waals surface area contributed by atoms with Gasteiger partial charge in [0.15, 0.2) is 11.5 Å². The lowest BCUT2D eigenvalue weighted by atomic mass is 10.1. The fourth-order valence-corrected chi connectivity index (χ4v) is 5.26. The number of carbonyl (C=O) groups is 1. The third-order valence-corrected chi connectivity index (χ3v) is 7.51. The van der Waals surface area contributed by atoms with Gasteiger partial charge >= 0.3 is 0 Å². The van der Waals surface area contributed by atoms with Crippen LogP contribution in [0.5, 0.6) is 11.5 Å². The first-order valence-electron chi connectivity index (χ1n) is 10.4. The molecule has 1 fully saturated rings. The maximum absolute atomic E-state index is 13.1. The molecule has 1 amide bonds. The van der Waals surface area contributed by atoms with Gasteiger partial charge in [0.05, 0.1) is 4.90 Å². The Hall–Kier alpha value is -2.62. The molecule has 2 unspecified atom stereocenters. The molecule has 31 heavy (non-hydrogen) atoms. The molecule has 0 radical (unpaired) electrons. The first-order valence-corrected chi connectivity index (χ1v) is 11.9. The predicted octanol–water partition coefficient (Wildman–Crippen LogP) is 2.18. The Labute approximate surface area is 182 Å². The fourth-order valence-electron chi connectivity index (χ4n) is 3.79. The third-order valence-electron chi connectivity index (χ3n) is 5.62. The van der Waals surface area contributed by atoms with Crippen molar-refractivity contribution in [3.8, 4) is 11.5 Å². The monoisotopic (exact) mass is 445 g/mol. The first kappa shape index (κ1) is 21.6. The number of likely N-dealkylation sites (N-methyl/N-ethyl adjacent to an activating group) is 1. The molecule has 0 spiro atoms. The highest BCUT2D eigenvalue weighted by Crippen LogP contribution is 2.33. The van der Waals surface area contributed by atoms with Gasteiger partial charge in [-0.3, -0.25) is 4.79 Å². The minimum Gasteiger partial charge on any atom is -0.482 e. The van der Waals surface area contributed by atoms with Crippen LogP contribution in [0.25, 0.3) is 0 Å². The van der Waals surface area contributed by atoms with Gasteiger partial charge in [-0.2, -0.15) is 4.31 Å². The van der Waals surface area contributed by atoms with E-state index in [0.29, 0.717) is 43.4 Å². The summed E-state index contributed by atoms with van der Waals surface area (Å²) in [5, 5.41) is 2.77. The van der Waals surface area contributed by atoms with Gasteiger partial charge < -0.3 is 19.7 Å². The van der Waals surface area contributed by atoms with Crippen molar-refractivity contribution in [2.24, 2.45) is 0 Å². The van der Waals surface area contributed by atoms with Gasteiger partial charge in [-0.1, -0.05) is 25.1 Å². The maximum Gasteiger partial charge on any atom is 0.269 e. The number of benzene rings is 2. The molecule has 0 bridgehead atoms. The summed E-state index contributed by atoms with van der Waals surface area (Å²) in [6, 6.07) is 13.5. The maximum atomic E-state index is 13.1. The molecule has 2 heterocycles. The van der Waals surface area contributed by atoms with E-state index in [2.05, 4.69) is 17.1 Å². The third kappa shape index (κ3) is 4.53. The summed E-state index contributed by atoms with van der Waals surface area (Å²) >= 11 is 0. The van der Waals surface area contributed by atoms with Gasteiger partial charge in [-0.25, -0.2) is 8.42 Å². The van der Waals surface area contributed by atoms with E-state index in [1.54, 1.807) is 37.3 Å². The van der Waals surface area contributed by atoms with Gasteiger partial charge in [0, 0.05) is 31.9 Å². The molecule has 0 aromatic heterocycles. The Balaban J connectivity index is 1.47. The summed E-state index contributed by atoms with van der Waals surface area (Å²) in [4.78, 5) is 15.2. The number of fused-ring (bicyclic) bond motifs is 1. The second-order valence-electron chi connectivity index (χ2n) is 7.66. The van der Waals surface area contributed by atoms with Crippen molar-refractivity contribution < 1.29 is 22.7 Å². The minimum atomic E-state index is -3.63. The molecule has 0 aliphatic carbocycles. The molecule has 1 saturated heterocycles. The van der Waals surface area contributed by atoms with Gasteiger partial charge in [-0.05, 0) is 43.8 Å². The second kappa shape index (κ2) is 8.86. The zero-order valence-corrected chi connectivity index (χ0v) is 18.5. The van der Waals surface area contributed by atoms with Crippen molar-refractivity contribution in [3.63, 3.8) is 0 Å². The zero-order valence-electron chi connectivity index (χ0n) is 17.7. The van der Waals surface area contributed by atoms with Gasteiger partial charge in [0.1, 0.15) is 6.10 Å². The van der Waals surface area contributed by atoms with Crippen LogP contribution in [0.4, 0.5) is 5.69 Å². The topological polar surface area (TPSA) is 88.2 Å². The SMILES string of the molecule is CCN1CCN(S(=O)(=O)c2cccc(NC(=O)C3Oc4ccccc4OC3C)c2)CC1. The number of hydrogen-bond donors (Lipinski definition) is 1. The highest BCUT2D eigenvalue weighted by atomic mass is 32.2. The average Bonchev–Trinajstić information content (AvgIpc) is 2.78. The number of nitrogens with zero attached hydrogens (tertiary/aromatic N) is 2. The van der Waals surface area contributed by atoms with Crippen LogP contribution < -0.4 is 14.8 Å². The number of anilines is 1. The summed E-state index contributed by atoms with van der Waals surface area (Å²) in [6.45, 7) is 7.07. The summed E-state index contributed by atoms with van der Waals surface area (Å²) in [5.74, 6) is 0.701. The van der Waals surface area contributed by atoms with E-state index in [4.69, 9.17) is 9.47 Å². The normalized spacial score (nSPS) is 22.1. The molecule has 2 atom stereocenters. The summed E-state index contributed by atoms with van der Waals surface area (Å²) in [5.41, 5.74) is 0.396. The van der Waals surface area contributed by atoms with Crippen molar-refractivity contribution in [2.75, 3.05) is 38.0 Å². The van der Waals surface area contributed by atoms with Crippen LogP contribution in [0.15, 0.2) is 53.4 Å². The number of piperazine rings is 1. The quantitative estimate of drug-likeness (QED) is 0.759. The highest BCUT2D eigenvalue weighted by Gasteiger charge is 2.34. The Bertz CT molecular complexity index is 1050. The zero-order chi connectivity index (χ0) is 22.0. The highest BCUT2D eigenvalue weighted by molar-refractivity contribution is 7.89. The van der Waals surface area contributed by atoms with Crippen LogP contribution in [0.3, 0.4) is 0 Å². The summed E-state index contributed by atoms with van der Waals surface area (Å²) in [6.07, 6.45) is -1.34. The number of hydrogen-bond acceptors (Lipinski definition) is 6. The van der Waals surface area contributed by atoms with Crippen molar-refractivity contribution in [3.05, 3.63) is 48.5 Å². The lowest BCUT2D eigenvalue weighted by Crippen LogP contribution is -2.48. The number of rotatable bonds is 5.